The minimum Gasteiger partial charge on any atom is -0.494 e. The molecule has 1 aromatic heterocycles. The molecule has 1 aliphatic heterocycles. The monoisotopic (exact) mass is 471 g/mol. The average Bonchev–Trinajstić information content (AvgIpc) is 3.24. The number of aryl methyl sites for hydroxylation is 1. The summed E-state index contributed by atoms with van der Waals surface area (Å²) in [6.45, 7) is 5.44. The van der Waals surface area contributed by atoms with Crippen molar-refractivity contribution in [1.29, 1.82) is 0 Å². The predicted octanol–water partition coefficient (Wildman–Crippen LogP) is 0.938. The second kappa shape index (κ2) is 8.97. The van der Waals surface area contributed by atoms with E-state index in [1.165, 1.54) is 37.3 Å². The van der Waals surface area contributed by atoms with Crippen molar-refractivity contribution in [3.63, 3.8) is 0 Å². The summed E-state index contributed by atoms with van der Waals surface area (Å²) in [7, 11) is -7.58. The van der Waals surface area contributed by atoms with Crippen LogP contribution < -0.4 is 15.4 Å². The maximum atomic E-state index is 13.2. The number of aromatic nitrogens is 1. The number of anilines is 1. The first-order chi connectivity index (χ1) is 14.5. The van der Waals surface area contributed by atoms with Gasteiger partial charge in [0.05, 0.1) is 34.3 Å². The summed E-state index contributed by atoms with van der Waals surface area (Å²) in [6, 6.07) is 5.56. The van der Waals surface area contributed by atoms with Crippen molar-refractivity contribution in [2.24, 2.45) is 0 Å². The molecule has 12 heteroatoms. The molecule has 0 bridgehead atoms. The van der Waals surface area contributed by atoms with E-state index in [9.17, 15) is 21.6 Å². The van der Waals surface area contributed by atoms with Crippen LogP contribution in [0.15, 0.2) is 39.8 Å². The van der Waals surface area contributed by atoms with Gasteiger partial charge in [-0.05, 0) is 45.0 Å². The Morgan fingerprint density at radius 2 is 1.97 bits per heavy atom. The molecule has 3 atom stereocenters. The van der Waals surface area contributed by atoms with Gasteiger partial charge in [0, 0.05) is 12.1 Å². The lowest BCUT2D eigenvalue weighted by molar-refractivity contribution is -0.118. The Hall–Kier alpha value is -2.44. The lowest BCUT2D eigenvalue weighted by Crippen LogP contribution is -2.50. The third-order valence-corrected chi connectivity index (χ3v) is 9.07. The van der Waals surface area contributed by atoms with Crippen molar-refractivity contribution in [3.05, 3.63) is 36.1 Å². The van der Waals surface area contributed by atoms with E-state index in [2.05, 4.69) is 15.8 Å². The van der Waals surface area contributed by atoms with Crippen molar-refractivity contribution in [3.8, 4) is 5.75 Å². The van der Waals surface area contributed by atoms with Gasteiger partial charge in [0.15, 0.2) is 25.5 Å². The molecule has 1 saturated heterocycles. The zero-order valence-electron chi connectivity index (χ0n) is 17.4. The van der Waals surface area contributed by atoms with Crippen LogP contribution in [0, 0.1) is 6.92 Å². The van der Waals surface area contributed by atoms with Gasteiger partial charge in [0.2, 0.25) is 5.91 Å². The van der Waals surface area contributed by atoms with Crippen molar-refractivity contribution >= 4 is 31.4 Å². The van der Waals surface area contributed by atoms with Crippen LogP contribution in [0.2, 0.25) is 0 Å². The molecule has 2 aromatic rings. The number of amides is 1. The van der Waals surface area contributed by atoms with Crippen LogP contribution in [0.3, 0.4) is 0 Å². The molecule has 0 aliphatic carbocycles. The number of ether oxygens (including phenoxy) is 1. The highest BCUT2D eigenvalue weighted by Gasteiger charge is 2.46. The quantitative estimate of drug-likeness (QED) is 0.574. The van der Waals surface area contributed by atoms with Gasteiger partial charge in [-0.25, -0.2) is 16.8 Å². The molecule has 31 heavy (non-hydrogen) atoms. The molecule has 1 aliphatic rings. The van der Waals surface area contributed by atoms with Gasteiger partial charge in [0.1, 0.15) is 11.5 Å². The molecule has 0 saturated carbocycles. The standard InChI is InChI=1S/C19H25N3O7S2/c1-4-28-14-5-7-15(8-6-14)31(26,27)17-11-30(24,25)10-16(17)20-13(3)19(23)21-18-9-12(2)29-22-18/h5-9,13,16-17,20H,4,10-11H2,1-3H3,(H,21,22,23)/t13-,16-,17-/m0/s1. The fourth-order valence-corrected chi connectivity index (χ4v) is 8.08. The summed E-state index contributed by atoms with van der Waals surface area (Å²) in [4.78, 5) is 12.4. The molecular formula is C19H25N3O7S2. The summed E-state index contributed by atoms with van der Waals surface area (Å²) in [5.74, 6) is -0.141. The fraction of sp³-hybridized carbons (Fsp3) is 0.474. The number of hydrogen-bond donors (Lipinski definition) is 2. The number of carbonyl (C=O) groups is 1. The SMILES string of the molecule is CCOc1ccc(S(=O)(=O)[C@H]2CS(=O)(=O)C[C@@H]2N[C@@H](C)C(=O)Nc2cc(C)on2)cc1. The Morgan fingerprint density at radius 1 is 1.29 bits per heavy atom. The minimum absolute atomic E-state index is 0.0000278. The van der Waals surface area contributed by atoms with Gasteiger partial charge < -0.3 is 19.9 Å². The van der Waals surface area contributed by atoms with Crippen LogP contribution in [-0.2, 0) is 24.5 Å². The van der Waals surface area contributed by atoms with Gasteiger partial charge in [-0.15, -0.1) is 0 Å². The van der Waals surface area contributed by atoms with Gasteiger partial charge in [-0.2, -0.15) is 0 Å². The van der Waals surface area contributed by atoms with E-state index in [1.807, 2.05) is 6.92 Å². The highest BCUT2D eigenvalue weighted by Crippen LogP contribution is 2.27. The first kappa shape index (κ1) is 23.2. The van der Waals surface area contributed by atoms with Crippen molar-refractivity contribution < 1.29 is 30.9 Å². The van der Waals surface area contributed by atoms with E-state index < -0.39 is 48.7 Å². The van der Waals surface area contributed by atoms with E-state index in [1.54, 1.807) is 6.92 Å². The summed E-state index contributed by atoms with van der Waals surface area (Å²) in [5, 5.41) is 7.86. The van der Waals surface area contributed by atoms with Crippen LogP contribution >= 0.6 is 0 Å². The van der Waals surface area contributed by atoms with Crippen LogP contribution in [0.4, 0.5) is 5.82 Å². The van der Waals surface area contributed by atoms with Crippen molar-refractivity contribution in [1.82, 2.24) is 10.5 Å². The number of nitrogens with one attached hydrogen (secondary N) is 2. The number of carbonyl (C=O) groups excluding carboxylic acids is 1. The van der Waals surface area contributed by atoms with E-state index >= 15 is 0 Å². The van der Waals surface area contributed by atoms with Gasteiger partial charge in [0.25, 0.3) is 0 Å². The Bertz CT molecular complexity index is 1140. The van der Waals surface area contributed by atoms with Crippen molar-refractivity contribution in [2.45, 2.75) is 43.0 Å². The molecule has 1 fully saturated rings. The van der Waals surface area contributed by atoms with Crippen LogP contribution in [0.25, 0.3) is 0 Å². The summed E-state index contributed by atoms with van der Waals surface area (Å²) < 4.78 is 61.1. The molecule has 0 spiro atoms. The molecule has 1 aromatic carbocycles. The van der Waals surface area contributed by atoms with Crippen LogP contribution in [0.5, 0.6) is 5.75 Å². The van der Waals surface area contributed by atoms with E-state index in [0.29, 0.717) is 18.1 Å². The molecule has 2 N–H and O–H groups in total. The fourth-order valence-electron chi connectivity index (χ4n) is 3.40. The number of benzene rings is 1. The normalized spacial score (nSPS) is 21.5. The first-order valence-electron chi connectivity index (χ1n) is 9.69. The third kappa shape index (κ3) is 5.43. The number of rotatable bonds is 8. The topological polar surface area (TPSA) is 145 Å². The van der Waals surface area contributed by atoms with Gasteiger partial charge >= 0.3 is 0 Å². The molecule has 3 rings (SSSR count). The summed E-state index contributed by atoms with van der Waals surface area (Å²) >= 11 is 0. The summed E-state index contributed by atoms with van der Waals surface area (Å²) in [5.41, 5.74) is 0. The Kier molecular flexibility index (Phi) is 6.72. The lowest BCUT2D eigenvalue weighted by Gasteiger charge is -2.23. The maximum Gasteiger partial charge on any atom is 0.242 e. The molecular weight excluding hydrogens is 446 g/mol. The van der Waals surface area contributed by atoms with E-state index in [4.69, 9.17) is 9.26 Å². The van der Waals surface area contributed by atoms with E-state index in [-0.39, 0.29) is 16.5 Å². The third-order valence-electron chi connectivity index (χ3n) is 4.90. The van der Waals surface area contributed by atoms with Gasteiger partial charge in [-0.3, -0.25) is 4.79 Å². The maximum absolute atomic E-state index is 13.2. The molecule has 1 amide bonds. The van der Waals surface area contributed by atoms with Gasteiger partial charge in [-0.1, -0.05) is 5.16 Å². The predicted molar refractivity (Wildman–Crippen MR) is 113 cm³/mol. The van der Waals surface area contributed by atoms with Crippen LogP contribution in [-0.4, -0.2) is 63.3 Å². The molecule has 170 valence electrons. The Balaban J connectivity index is 1.77. The Labute approximate surface area is 181 Å². The lowest BCUT2D eigenvalue weighted by atomic mass is 10.2. The average molecular weight is 472 g/mol. The molecule has 10 nitrogen and oxygen atoms in total. The zero-order valence-corrected chi connectivity index (χ0v) is 19.0. The zero-order chi connectivity index (χ0) is 22.8. The highest BCUT2D eigenvalue weighted by molar-refractivity contribution is 7.96. The highest BCUT2D eigenvalue weighted by atomic mass is 32.2. The second-order valence-corrected chi connectivity index (χ2v) is 11.7. The molecule has 0 radical (unpaired) electrons. The number of sulfone groups is 2. The second-order valence-electron chi connectivity index (χ2n) is 7.37. The number of hydrogen-bond acceptors (Lipinski definition) is 9. The number of nitrogens with zero attached hydrogens (tertiary/aromatic N) is 1. The van der Waals surface area contributed by atoms with Crippen molar-refractivity contribution in [2.75, 3.05) is 23.4 Å². The van der Waals surface area contributed by atoms with Crippen LogP contribution in [0.1, 0.15) is 19.6 Å². The first-order valence-corrected chi connectivity index (χ1v) is 13.1. The largest absolute Gasteiger partial charge is 0.494 e. The minimum atomic E-state index is -3.97. The smallest absolute Gasteiger partial charge is 0.242 e. The molecule has 2 heterocycles. The summed E-state index contributed by atoms with van der Waals surface area (Å²) in [6.07, 6.45) is 0. The Morgan fingerprint density at radius 3 is 2.55 bits per heavy atom. The molecule has 0 unspecified atom stereocenters. The van der Waals surface area contributed by atoms with E-state index in [0.717, 1.165) is 0 Å².